The Bertz CT molecular complexity index is 536. The Kier molecular flexibility index (Phi) is 5.46. The highest BCUT2D eigenvalue weighted by Gasteiger charge is 2.31. The van der Waals surface area contributed by atoms with Gasteiger partial charge in [0.2, 0.25) is 5.91 Å². The summed E-state index contributed by atoms with van der Waals surface area (Å²) in [6.07, 6.45) is 0.401. The van der Waals surface area contributed by atoms with Crippen molar-refractivity contribution in [2.45, 2.75) is 52.3 Å². The number of rotatable bonds is 4. The number of amides is 2. The molecule has 0 aliphatic rings. The van der Waals surface area contributed by atoms with E-state index in [1.807, 2.05) is 0 Å². The molecular weight excluding hydrogens is 289 g/mol. The van der Waals surface area contributed by atoms with Crippen molar-refractivity contribution in [1.29, 1.82) is 0 Å². The summed E-state index contributed by atoms with van der Waals surface area (Å²) in [6.45, 7) is 8.47. The fraction of sp³-hybridized carbons (Fsp3) is 0.533. The van der Waals surface area contributed by atoms with Crippen LogP contribution >= 0.6 is 0 Å². The van der Waals surface area contributed by atoms with Gasteiger partial charge in [0.25, 0.3) is 0 Å². The summed E-state index contributed by atoms with van der Waals surface area (Å²) in [7, 11) is 0. The van der Waals surface area contributed by atoms with E-state index in [4.69, 9.17) is 4.74 Å². The van der Waals surface area contributed by atoms with E-state index in [0.29, 0.717) is 5.69 Å². The topological polar surface area (TPSA) is 80.3 Å². The number of carbonyl (C=O) groups is 2. The number of nitrogens with zero attached hydrogens (tertiary/aromatic N) is 1. The van der Waals surface area contributed by atoms with Gasteiger partial charge in [0.1, 0.15) is 17.0 Å². The Hall–Kier alpha value is -2.18. The largest absolute Gasteiger partial charge is 0.444 e. The molecule has 0 spiro atoms. The highest BCUT2D eigenvalue weighted by Crippen LogP contribution is 2.10. The first-order valence-electron chi connectivity index (χ1n) is 6.89. The molecule has 1 rings (SSSR count). The van der Waals surface area contributed by atoms with Crippen molar-refractivity contribution < 1.29 is 18.7 Å². The summed E-state index contributed by atoms with van der Waals surface area (Å²) in [5.41, 5.74) is -1.28. The van der Waals surface area contributed by atoms with E-state index in [9.17, 15) is 14.0 Å². The lowest BCUT2D eigenvalue weighted by Crippen LogP contribution is -2.55. The summed E-state index contributed by atoms with van der Waals surface area (Å²) in [5, 5.41) is 5.14. The molecule has 0 aliphatic carbocycles. The molecule has 7 heteroatoms. The van der Waals surface area contributed by atoms with Crippen molar-refractivity contribution in [3.63, 3.8) is 0 Å². The molecule has 0 bridgehead atoms. The molecule has 22 heavy (non-hydrogen) atoms. The van der Waals surface area contributed by atoms with Crippen LogP contribution in [0.15, 0.2) is 18.3 Å². The predicted molar refractivity (Wildman–Crippen MR) is 79.5 cm³/mol. The van der Waals surface area contributed by atoms with Crippen LogP contribution in [0.4, 0.5) is 9.18 Å². The molecule has 0 saturated carbocycles. The first-order chi connectivity index (χ1) is 9.99. The normalized spacial score (nSPS) is 11.7. The van der Waals surface area contributed by atoms with Crippen molar-refractivity contribution in [2.24, 2.45) is 0 Å². The molecule has 1 aromatic heterocycles. The molecule has 2 N–H and O–H groups in total. The third-order valence-electron chi connectivity index (χ3n) is 2.60. The molecule has 0 unspecified atom stereocenters. The molecule has 0 aliphatic heterocycles. The van der Waals surface area contributed by atoms with Crippen LogP contribution in [-0.2, 0) is 16.1 Å². The van der Waals surface area contributed by atoms with Crippen molar-refractivity contribution >= 4 is 12.0 Å². The summed E-state index contributed by atoms with van der Waals surface area (Å²) in [5.74, 6) is -0.841. The average Bonchev–Trinajstić information content (AvgIpc) is 2.34. The van der Waals surface area contributed by atoms with Crippen molar-refractivity contribution in [3.8, 4) is 0 Å². The SMILES string of the molecule is CC(C)(C)OC(=O)NC(C)(C)C(=O)NCc1ccc(F)cn1. The minimum Gasteiger partial charge on any atom is -0.444 e. The molecule has 122 valence electrons. The second kappa shape index (κ2) is 6.72. The third-order valence-corrected chi connectivity index (χ3v) is 2.60. The fourth-order valence-electron chi connectivity index (χ4n) is 1.52. The third kappa shape index (κ3) is 6.07. The number of ether oxygens (including phenoxy) is 1. The van der Waals surface area contributed by atoms with Gasteiger partial charge in [-0.05, 0) is 46.8 Å². The summed E-state index contributed by atoms with van der Waals surface area (Å²) in [4.78, 5) is 27.7. The molecule has 0 atom stereocenters. The first-order valence-corrected chi connectivity index (χ1v) is 6.89. The minimum absolute atomic E-state index is 0.137. The molecule has 0 fully saturated rings. The maximum Gasteiger partial charge on any atom is 0.408 e. The monoisotopic (exact) mass is 311 g/mol. The van der Waals surface area contributed by atoms with Gasteiger partial charge in [-0.15, -0.1) is 0 Å². The van der Waals surface area contributed by atoms with Gasteiger partial charge in [-0.1, -0.05) is 0 Å². The van der Waals surface area contributed by atoms with Crippen LogP contribution in [-0.4, -0.2) is 28.1 Å². The lowest BCUT2D eigenvalue weighted by molar-refractivity contribution is -0.126. The number of aromatic nitrogens is 1. The van der Waals surface area contributed by atoms with Crippen LogP contribution in [0, 0.1) is 5.82 Å². The number of pyridine rings is 1. The molecule has 0 saturated heterocycles. The Morgan fingerprint density at radius 1 is 1.23 bits per heavy atom. The van der Waals surface area contributed by atoms with Crippen LogP contribution in [0.5, 0.6) is 0 Å². The second-order valence-electron chi connectivity index (χ2n) is 6.40. The van der Waals surface area contributed by atoms with Gasteiger partial charge in [0.15, 0.2) is 0 Å². The molecule has 1 aromatic rings. The lowest BCUT2D eigenvalue weighted by Gasteiger charge is -2.27. The number of halogens is 1. The molecule has 1 heterocycles. The van der Waals surface area contributed by atoms with Gasteiger partial charge < -0.3 is 15.4 Å². The predicted octanol–water partition coefficient (Wildman–Crippen LogP) is 2.14. The summed E-state index contributed by atoms with van der Waals surface area (Å²) in [6, 6.07) is 2.74. The smallest absolute Gasteiger partial charge is 0.408 e. The maximum absolute atomic E-state index is 12.7. The van der Waals surface area contributed by atoms with E-state index >= 15 is 0 Å². The van der Waals surface area contributed by atoms with Crippen LogP contribution in [0.3, 0.4) is 0 Å². The molecular formula is C15H22FN3O3. The van der Waals surface area contributed by atoms with E-state index in [1.54, 1.807) is 34.6 Å². The van der Waals surface area contributed by atoms with Gasteiger partial charge in [0, 0.05) is 0 Å². The zero-order valence-electron chi connectivity index (χ0n) is 13.5. The number of hydrogen-bond acceptors (Lipinski definition) is 4. The second-order valence-corrected chi connectivity index (χ2v) is 6.40. The fourth-order valence-corrected chi connectivity index (χ4v) is 1.52. The molecule has 2 amide bonds. The Balaban J connectivity index is 2.55. The standard InChI is InChI=1S/C15H22FN3O3/c1-14(2,3)22-13(21)19-15(4,5)12(20)18-9-11-7-6-10(16)8-17-11/h6-8H,9H2,1-5H3,(H,18,20)(H,19,21). The van der Waals surface area contributed by atoms with E-state index in [0.717, 1.165) is 6.20 Å². The highest BCUT2D eigenvalue weighted by atomic mass is 19.1. The van der Waals surface area contributed by atoms with Gasteiger partial charge in [-0.3, -0.25) is 9.78 Å². The van der Waals surface area contributed by atoms with Crippen molar-refractivity contribution in [1.82, 2.24) is 15.6 Å². The van der Waals surface area contributed by atoms with Gasteiger partial charge >= 0.3 is 6.09 Å². The quantitative estimate of drug-likeness (QED) is 0.893. The van der Waals surface area contributed by atoms with Crippen molar-refractivity contribution in [2.75, 3.05) is 0 Å². The van der Waals surface area contributed by atoms with Gasteiger partial charge in [-0.25, -0.2) is 9.18 Å². The van der Waals surface area contributed by atoms with E-state index in [1.165, 1.54) is 12.1 Å². The lowest BCUT2D eigenvalue weighted by atomic mass is 10.1. The summed E-state index contributed by atoms with van der Waals surface area (Å²) >= 11 is 0. The number of alkyl carbamates (subject to hydrolysis) is 1. The number of nitrogens with one attached hydrogen (secondary N) is 2. The molecule has 6 nitrogen and oxygen atoms in total. The number of hydrogen-bond donors (Lipinski definition) is 2. The van der Waals surface area contributed by atoms with Crippen LogP contribution in [0.25, 0.3) is 0 Å². The molecule has 0 aromatic carbocycles. The highest BCUT2D eigenvalue weighted by molar-refractivity contribution is 5.89. The Labute approximate surface area is 129 Å². The zero-order valence-corrected chi connectivity index (χ0v) is 13.5. The summed E-state index contributed by atoms with van der Waals surface area (Å²) < 4.78 is 17.9. The minimum atomic E-state index is -1.15. The maximum atomic E-state index is 12.7. The van der Waals surface area contributed by atoms with E-state index in [2.05, 4.69) is 15.6 Å². The first kappa shape index (κ1) is 17.9. The average molecular weight is 311 g/mol. The van der Waals surface area contributed by atoms with Crippen LogP contribution in [0.2, 0.25) is 0 Å². The van der Waals surface area contributed by atoms with Crippen LogP contribution in [0.1, 0.15) is 40.3 Å². The van der Waals surface area contributed by atoms with E-state index in [-0.39, 0.29) is 6.54 Å². The van der Waals surface area contributed by atoms with E-state index < -0.39 is 29.0 Å². The van der Waals surface area contributed by atoms with Gasteiger partial charge in [-0.2, -0.15) is 0 Å². The Morgan fingerprint density at radius 3 is 2.36 bits per heavy atom. The van der Waals surface area contributed by atoms with Gasteiger partial charge in [0.05, 0.1) is 18.4 Å². The Morgan fingerprint density at radius 2 is 1.86 bits per heavy atom. The zero-order chi connectivity index (χ0) is 17.0. The van der Waals surface area contributed by atoms with Crippen molar-refractivity contribution in [3.05, 3.63) is 29.8 Å². The number of carbonyl (C=O) groups excluding carboxylic acids is 2. The van der Waals surface area contributed by atoms with Crippen LogP contribution < -0.4 is 10.6 Å². The molecule has 0 radical (unpaired) electrons.